The van der Waals surface area contributed by atoms with Gasteiger partial charge in [-0.1, -0.05) is 35.9 Å². The van der Waals surface area contributed by atoms with Crippen LogP contribution in [-0.4, -0.2) is 33.5 Å². The van der Waals surface area contributed by atoms with Crippen LogP contribution >= 0.6 is 22.9 Å². The van der Waals surface area contributed by atoms with Crippen molar-refractivity contribution in [3.05, 3.63) is 92.0 Å². The van der Waals surface area contributed by atoms with Gasteiger partial charge in [0, 0.05) is 30.5 Å². The highest BCUT2D eigenvalue weighted by molar-refractivity contribution is 7.17. The lowest BCUT2D eigenvalue weighted by atomic mass is 9.99. The average Bonchev–Trinajstić information content (AvgIpc) is 3.62. The number of hydrogen-bond donors (Lipinski definition) is 1. The zero-order valence-corrected chi connectivity index (χ0v) is 21.8. The molecule has 0 radical (unpaired) electrons. The van der Waals surface area contributed by atoms with Crippen molar-refractivity contribution in [3.63, 3.8) is 0 Å². The maximum Gasteiger partial charge on any atom is 0.303 e. The summed E-state index contributed by atoms with van der Waals surface area (Å²) in [4.78, 5) is 31.2. The summed E-state index contributed by atoms with van der Waals surface area (Å²) in [6, 6.07) is 17.0. The number of oxazole rings is 1. The summed E-state index contributed by atoms with van der Waals surface area (Å²) in [7, 11) is 0. The number of carboxylic acid groups (broad SMARTS) is 1. The normalized spacial score (nSPS) is 12.5. The van der Waals surface area contributed by atoms with Gasteiger partial charge in [0.15, 0.2) is 0 Å². The number of aromatic nitrogens is 1. The number of rotatable bonds is 9. The van der Waals surface area contributed by atoms with E-state index in [1.807, 2.05) is 49.4 Å². The van der Waals surface area contributed by atoms with Gasteiger partial charge in [0.05, 0.1) is 28.1 Å². The largest absolute Gasteiger partial charge is 0.493 e. The first-order valence-corrected chi connectivity index (χ1v) is 13.1. The molecule has 0 fully saturated rings. The molecule has 4 aromatic rings. The van der Waals surface area contributed by atoms with Crippen LogP contribution in [0.2, 0.25) is 4.34 Å². The summed E-state index contributed by atoms with van der Waals surface area (Å²) in [5.41, 5.74) is 4.55. The molecule has 0 bridgehead atoms. The lowest BCUT2D eigenvalue weighted by Gasteiger charge is -2.14. The Morgan fingerprint density at radius 2 is 1.86 bits per heavy atom. The lowest BCUT2D eigenvalue weighted by molar-refractivity contribution is -0.136. The van der Waals surface area contributed by atoms with Crippen molar-refractivity contribution < 1.29 is 23.8 Å². The highest BCUT2D eigenvalue weighted by Gasteiger charge is 2.30. The van der Waals surface area contributed by atoms with E-state index >= 15 is 0 Å². The quantitative estimate of drug-likeness (QED) is 0.275. The predicted molar refractivity (Wildman–Crippen MR) is 141 cm³/mol. The molecule has 0 spiro atoms. The molecule has 9 heteroatoms. The Kier molecular flexibility index (Phi) is 7.30. The SMILES string of the molecule is Cc1oc(-c2ccccc2)nc1CCOc1ccc(CCC(=O)O)c2c1CN(C(=O)c1ccc(Cl)s1)C2. The number of hydrogen-bond acceptors (Lipinski definition) is 6. The summed E-state index contributed by atoms with van der Waals surface area (Å²) in [6.07, 6.45) is 0.982. The second-order valence-electron chi connectivity index (χ2n) is 8.83. The number of carbonyl (C=O) groups excluding carboxylic acids is 1. The van der Waals surface area contributed by atoms with Gasteiger partial charge in [-0.2, -0.15) is 0 Å². The number of aryl methyl sites for hydroxylation is 2. The van der Waals surface area contributed by atoms with Crippen molar-refractivity contribution in [1.29, 1.82) is 0 Å². The van der Waals surface area contributed by atoms with Gasteiger partial charge in [0.2, 0.25) is 5.89 Å². The molecule has 0 atom stereocenters. The zero-order chi connectivity index (χ0) is 25.9. The van der Waals surface area contributed by atoms with E-state index in [0.29, 0.717) is 53.4 Å². The standard InChI is InChI=1S/C28H25ClN2O5S/c1-17-22(30-27(36-17)19-5-3-2-4-6-19)13-14-35-23-9-7-18(8-12-26(32)33)20-15-31(16-21(20)23)28(34)24-10-11-25(29)37-24/h2-7,9-11H,8,12-16H2,1H3,(H,32,33). The van der Waals surface area contributed by atoms with Crippen LogP contribution in [0.3, 0.4) is 0 Å². The van der Waals surface area contributed by atoms with Crippen LogP contribution in [0.25, 0.3) is 11.5 Å². The van der Waals surface area contributed by atoms with Crippen molar-refractivity contribution in [1.82, 2.24) is 9.88 Å². The van der Waals surface area contributed by atoms with Crippen molar-refractivity contribution in [2.75, 3.05) is 6.61 Å². The maximum absolute atomic E-state index is 13.1. The van der Waals surface area contributed by atoms with Gasteiger partial charge in [0.1, 0.15) is 11.5 Å². The monoisotopic (exact) mass is 536 g/mol. The third-order valence-electron chi connectivity index (χ3n) is 6.37. The van der Waals surface area contributed by atoms with E-state index in [4.69, 9.17) is 20.8 Å². The van der Waals surface area contributed by atoms with Crippen LogP contribution in [0.4, 0.5) is 0 Å². The van der Waals surface area contributed by atoms with Crippen LogP contribution in [0, 0.1) is 6.92 Å². The fraction of sp³-hybridized carbons (Fsp3) is 0.250. The molecule has 2 aromatic carbocycles. The Bertz CT molecular complexity index is 1450. The first-order valence-electron chi connectivity index (χ1n) is 11.9. The predicted octanol–water partition coefficient (Wildman–Crippen LogP) is 6.16. The number of ether oxygens (including phenoxy) is 1. The maximum atomic E-state index is 13.1. The number of fused-ring (bicyclic) bond motifs is 1. The molecule has 1 aliphatic rings. The van der Waals surface area contributed by atoms with Crippen LogP contribution in [0.1, 0.15) is 44.2 Å². The molecule has 1 amide bonds. The molecule has 190 valence electrons. The van der Waals surface area contributed by atoms with E-state index in [-0.39, 0.29) is 12.3 Å². The minimum Gasteiger partial charge on any atom is -0.493 e. The number of nitrogens with zero attached hydrogens (tertiary/aromatic N) is 2. The summed E-state index contributed by atoms with van der Waals surface area (Å²) < 4.78 is 12.6. The second kappa shape index (κ2) is 10.8. The molecular weight excluding hydrogens is 512 g/mol. The van der Waals surface area contributed by atoms with Crippen molar-refractivity contribution in [3.8, 4) is 17.2 Å². The minimum atomic E-state index is -0.855. The van der Waals surface area contributed by atoms with Crippen LogP contribution in [-0.2, 0) is 30.7 Å². The Morgan fingerprint density at radius 1 is 1.08 bits per heavy atom. The van der Waals surface area contributed by atoms with Crippen molar-refractivity contribution >= 4 is 34.8 Å². The van der Waals surface area contributed by atoms with E-state index in [9.17, 15) is 14.7 Å². The number of amides is 1. The van der Waals surface area contributed by atoms with E-state index in [1.54, 1.807) is 17.0 Å². The zero-order valence-electron chi connectivity index (χ0n) is 20.2. The number of thiophene rings is 1. The highest BCUT2D eigenvalue weighted by atomic mass is 35.5. The molecule has 0 unspecified atom stereocenters. The smallest absolute Gasteiger partial charge is 0.303 e. The highest BCUT2D eigenvalue weighted by Crippen LogP contribution is 2.36. The Hall–Kier alpha value is -3.62. The van der Waals surface area contributed by atoms with Crippen LogP contribution in [0.15, 0.2) is 59.0 Å². The molecule has 0 saturated heterocycles. The van der Waals surface area contributed by atoms with E-state index in [2.05, 4.69) is 4.98 Å². The van der Waals surface area contributed by atoms with Gasteiger partial charge in [0.25, 0.3) is 5.91 Å². The number of benzene rings is 2. The molecule has 7 nitrogen and oxygen atoms in total. The third kappa shape index (κ3) is 5.55. The first kappa shape index (κ1) is 25.0. The fourth-order valence-corrected chi connectivity index (χ4v) is 5.50. The van der Waals surface area contributed by atoms with E-state index in [0.717, 1.165) is 33.7 Å². The summed E-state index contributed by atoms with van der Waals surface area (Å²) in [5.74, 6) is 1.07. The van der Waals surface area contributed by atoms with Gasteiger partial charge in [-0.25, -0.2) is 4.98 Å². The van der Waals surface area contributed by atoms with Gasteiger partial charge in [-0.05, 0) is 54.8 Å². The first-order chi connectivity index (χ1) is 17.9. The molecule has 1 aliphatic heterocycles. The topological polar surface area (TPSA) is 92.9 Å². The Balaban J connectivity index is 1.32. The molecule has 0 saturated carbocycles. The molecular formula is C28H25ClN2O5S. The van der Waals surface area contributed by atoms with Gasteiger partial charge >= 0.3 is 5.97 Å². The van der Waals surface area contributed by atoms with Gasteiger partial charge in [-0.3, -0.25) is 9.59 Å². The van der Waals surface area contributed by atoms with Gasteiger partial charge < -0.3 is 19.2 Å². The molecule has 2 aromatic heterocycles. The second-order valence-corrected chi connectivity index (χ2v) is 10.5. The molecule has 5 rings (SSSR count). The number of aliphatic carboxylic acids is 1. The number of halogens is 1. The average molecular weight is 537 g/mol. The Morgan fingerprint density at radius 3 is 2.59 bits per heavy atom. The summed E-state index contributed by atoms with van der Waals surface area (Å²) in [6.45, 7) is 3.07. The summed E-state index contributed by atoms with van der Waals surface area (Å²) >= 11 is 7.28. The van der Waals surface area contributed by atoms with Crippen LogP contribution < -0.4 is 4.74 Å². The summed E-state index contributed by atoms with van der Waals surface area (Å²) in [5, 5.41) is 9.18. The minimum absolute atomic E-state index is 0.0241. The fourth-order valence-electron chi connectivity index (χ4n) is 4.49. The van der Waals surface area contributed by atoms with E-state index < -0.39 is 5.97 Å². The van der Waals surface area contributed by atoms with E-state index in [1.165, 1.54) is 11.3 Å². The lowest BCUT2D eigenvalue weighted by Crippen LogP contribution is -2.24. The number of carbonyl (C=O) groups is 2. The molecule has 0 aliphatic carbocycles. The van der Waals surface area contributed by atoms with Crippen molar-refractivity contribution in [2.24, 2.45) is 0 Å². The molecule has 1 N–H and O–H groups in total. The third-order valence-corrected chi connectivity index (χ3v) is 7.59. The van der Waals surface area contributed by atoms with Gasteiger partial charge in [-0.15, -0.1) is 11.3 Å². The molecule has 3 heterocycles. The van der Waals surface area contributed by atoms with Crippen molar-refractivity contribution in [2.45, 2.75) is 39.3 Å². The molecule has 37 heavy (non-hydrogen) atoms. The van der Waals surface area contributed by atoms with Crippen LogP contribution in [0.5, 0.6) is 5.75 Å². The number of carboxylic acids is 1. The Labute approximate surface area is 223 Å².